The average Bonchev–Trinajstić information content (AvgIpc) is 3.24. The number of nitrogens with one attached hydrogen (secondary N) is 1. The smallest absolute Gasteiger partial charge is 0.269 e. The van der Waals surface area contributed by atoms with Gasteiger partial charge in [-0.1, -0.05) is 35.9 Å². The third-order valence-corrected chi connectivity index (χ3v) is 4.38. The first-order valence-electron chi connectivity index (χ1n) is 7.99. The minimum Gasteiger partial charge on any atom is -0.343 e. The molecule has 130 valence electrons. The maximum Gasteiger partial charge on any atom is 0.269 e. The lowest BCUT2D eigenvalue weighted by molar-refractivity contribution is 0.0940. The third-order valence-electron chi connectivity index (χ3n) is 4.05. The number of nitrogens with zero attached hydrogens (tertiary/aromatic N) is 5. The minimum atomic E-state index is -0.244. The molecule has 0 fully saturated rings. The number of rotatable bonds is 4. The number of carbonyl (C=O) groups is 1. The van der Waals surface area contributed by atoms with Crippen molar-refractivity contribution in [1.29, 1.82) is 0 Å². The zero-order valence-electron chi connectivity index (χ0n) is 13.9. The van der Waals surface area contributed by atoms with Gasteiger partial charge in [0.25, 0.3) is 5.91 Å². The Labute approximate surface area is 154 Å². The van der Waals surface area contributed by atoms with Crippen LogP contribution in [-0.4, -0.2) is 30.3 Å². The number of halogens is 1. The molecule has 4 aromatic rings. The average molecular weight is 367 g/mol. The van der Waals surface area contributed by atoms with Crippen LogP contribution in [0.25, 0.3) is 16.9 Å². The highest BCUT2D eigenvalue weighted by molar-refractivity contribution is 6.33. The normalized spacial score (nSPS) is 11.0. The molecule has 0 saturated carbocycles. The molecular formula is C18H15ClN6O. The minimum absolute atomic E-state index is 0.244. The predicted octanol–water partition coefficient (Wildman–Crippen LogP) is 2.71. The van der Waals surface area contributed by atoms with E-state index in [2.05, 4.69) is 20.6 Å². The predicted molar refractivity (Wildman–Crippen MR) is 97.8 cm³/mol. The molecule has 3 heterocycles. The summed E-state index contributed by atoms with van der Waals surface area (Å²) in [6.07, 6.45) is 1.86. The molecule has 0 aliphatic rings. The van der Waals surface area contributed by atoms with Gasteiger partial charge in [-0.2, -0.15) is 5.10 Å². The highest BCUT2D eigenvalue weighted by Crippen LogP contribution is 2.26. The number of hydrogen-bond acceptors (Lipinski definition) is 4. The summed E-state index contributed by atoms with van der Waals surface area (Å²) in [7, 11) is 1.72. The maximum absolute atomic E-state index is 12.6. The number of aromatic nitrogens is 5. The number of aryl methyl sites for hydroxylation is 1. The summed E-state index contributed by atoms with van der Waals surface area (Å²) in [6, 6.07) is 14.7. The Morgan fingerprint density at radius 3 is 2.81 bits per heavy atom. The molecular weight excluding hydrogens is 352 g/mol. The van der Waals surface area contributed by atoms with E-state index in [1.54, 1.807) is 19.2 Å². The van der Waals surface area contributed by atoms with Crippen molar-refractivity contribution >= 4 is 23.2 Å². The van der Waals surface area contributed by atoms with E-state index in [-0.39, 0.29) is 12.5 Å². The molecule has 26 heavy (non-hydrogen) atoms. The first-order chi connectivity index (χ1) is 12.6. The third kappa shape index (κ3) is 2.93. The van der Waals surface area contributed by atoms with Gasteiger partial charge in [0.15, 0.2) is 11.5 Å². The number of fused-ring (bicyclic) bond motifs is 1. The van der Waals surface area contributed by atoms with Gasteiger partial charge in [0.05, 0.1) is 17.3 Å². The fraction of sp³-hybridized carbons (Fsp3) is 0.111. The van der Waals surface area contributed by atoms with Gasteiger partial charge in [-0.05, 0) is 24.3 Å². The summed E-state index contributed by atoms with van der Waals surface area (Å²) in [5.74, 6) is 0.411. The monoisotopic (exact) mass is 366 g/mol. The van der Waals surface area contributed by atoms with Gasteiger partial charge in [-0.15, -0.1) is 10.2 Å². The molecule has 0 atom stereocenters. The van der Waals surface area contributed by atoms with E-state index in [4.69, 9.17) is 11.6 Å². The first kappa shape index (κ1) is 16.3. The van der Waals surface area contributed by atoms with Crippen LogP contribution in [0.2, 0.25) is 5.02 Å². The summed E-state index contributed by atoms with van der Waals surface area (Å²) < 4.78 is 3.37. The lowest BCUT2D eigenvalue weighted by Gasteiger charge is -2.04. The fourth-order valence-electron chi connectivity index (χ4n) is 2.74. The van der Waals surface area contributed by atoms with Crippen LogP contribution >= 0.6 is 11.6 Å². The fourth-order valence-corrected chi connectivity index (χ4v) is 2.97. The number of benzene rings is 1. The summed E-state index contributed by atoms with van der Waals surface area (Å²) in [5.41, 5.74) is 2.61. The van der Waals surface area contributed by atoms with Gasteiger partial charge in [0.1, 0.15) is 5.69 Å². The molecule has 0 saturated heterocycles. The molecule has 4 rings (SSSR count). The lowest BCUT2D eigenvalue weighted by atomic mass is 10.1. The SMILES string of the molecule is Cn1nc(-c2ccccc2Cl)cc1C(=O)NCc1nnc2ccccn12. The molecule has 0 radical (unpaired) electrons. The van der Waals surface area contributed by atoms with Crippen molar-refractivity contribution in [2.75, 3.05) is 0 Å². The summed E-state index contributed by atoms with van der Waals surface area (Å²) in [6.45, 7) is 0.261. The molecule has 3 aromatic heterocycles. The molecule has 0 spiro atoms. The zero-order chi connectivity index (χ0) is 18.1. The Morgan fingerprint density at radius 1 is 1.15 bits per heavy atom. The quantitative estimate of drug-likeness (QED) is 0.602. The van der Waals surface area contributed by atoms with Gasteiger partial charge in [0, 0.05) is 18.8 Å². The van der Waals surface area contributed by atoms with Crippen LogP contribution in [0.1, 0.15) is 16.3 Å². The van der Waals surface area contributed by atoms with E-state index in [0.717, 1.165) is 11.2 Å². The van der Waals surface area contributed by atoms with Gasteiger partial charge in [-0.3, -0.25) is 13.9 Å². The maximum atomic E-state index is 12.6. The van der Waals surface area contributed by atoms with E-state index in [1.807, 2.05) is 47.0 Å². The molecule has 8 heteroatoms. The molecule has 1 aromatic carbocycles. The van der Waals surface area contributed by atoms with Crippen LogP contribution in [0.3, 0.4) is 0 Å². The van der Waals surface area contributed by atoms with E-state index >= 15 is 0 Å². The Bertz CT molecular complexity index is 1100. The summed E-state index contributed by atoms with van der Waals surface area (Å²) in [5, 5.41) is 16.0. The van der Waals surface area contributed by atoms with Crippen molar-refractivity contribution in [3.63, 3.8) is 0 Å². The number of amides is 1. The van der Waals surface area contributed by atoms with E-state index in [0.29, 0.717) is 22.2 Å². The van der Waals surface area contributed by atoms with Crippen LogP contribution in [0.5, 0.6) is 0 Å². The van der Waals surface area contributed by atoms with Crippen molar-refractivity contribution < 1.29 is 4.79 Å². The standard InChI is InChI=1S/C18H15ClN6O/c1-24-15(10-14(23-24)12-6-2-3-7-13(12)19)18(26)20-11-17-22-21-16-8-4-5-9-25(16)17/h2-10H,11H2,1H3,(H,20,26). The summed E-state index contributed by atoms with van der Waals surface area (Å²) in [4.78, 5) is 12.6. The molecule has 1 N–H and O–H groups in total. The van der Waals surface area contributed by atoms with Crippen LogP contribution in [0.4, 0.5) is 0 Å². The van der Waals surface area contributed by atoms with Gasteiger partial charge in [0.2, 0.25) is 0 Å². The van der Waals surface area contributed by atoms with E-state index in [9.17, 15) is 4.79 Å². The van der Waals surface area contributed by atoms with E-state index < -0.39 is 0 Å². The van der Waals surface area contributed by atoms with Crippen molar-refractivity contribution in [1.82, 2.24) is 29.7 Å². The van der Waals surface area contributed by atoms with E-state index in [1.165, 1.54) is 4.68 Å². The topological polar surface area (TPSA) is 77.1 Å². The van der Waals surface area contributed by atoms with Crippen LogP contribution in [0.15, 0.2) is 54.7 Å². The molecule has 0 bridgehead atoms. The number of pyridine rings is 1. The van der Waals surface area contributed by atoms with Crippen LogP contribution in [-0.2, 0) is 13.6 Å². The molecule has 0 aliphatic carbocycles. The number of hydrogen-bond donors (Lipinski definition) is 1. The Kier molecular flexibility index (Phi) is 4.14. The molecule has 0 unspecified atom stereocenters. The van der Waals surface area contributed by atoms with Gasteiger partial charge >= 0.3 is 0 Å². The van der Waals surface area contributed by atoms with Crippen molar-refractivity contribution in [3.8, 4) is 11.3 Å². The zero-order valence-corrected chi connectivity index (χ0v) is 14.7. The number of carbonyl (C=O) groups excluding carboxylic acids is 1. The van der Waals surface area contributed by atoms with Crippen LogP contribution < -0.4 is 5.32 Å². The molecule has 1 amide bonds. The molecule has 0 aliphatic heterocycles. The molecule has 7 nitrogen and oxygen atoms in total. The highest BCUT2D eigenvalue weighted by Gasteiger charge is 2.16. The van der Waals surface area contributed by atoms with Crippen LogP contribution in [0, 0.1) is 0 Å². The summed E-state index contributed by atoms with van der Waals surface area (Å²) >= 11 is 6.22. The largest absolute Gasteiger partial charge is 0.343 e. The highest BCUT2D eigenvalue weighted by atomic mass is 35.5. The van der Waals surface area contributed by atoms with Crippen molar-refractivity contribution in [2.45, 2.75) is 6.54 Å². The van der Waals surface area contributed by atoms with Crippen molar-refractivity contribution in [3.05, 3.63) is 71.3 Å². The second-order valence-corrected chi connectivity index (χ2v) is 6.15. The second kappa shape index (κ2) is 6.61. The Hall–Kier alpha value is -3.19. The Morgan fingerprint density at radius 2 is 1.96 bits per heavy atom. The Balaban J connectivity index is 1.54. The van der Waals surface area contributed by atoms with Gasteiger partial charge in [-0.25, -0.2) is 0 Å². The van der Waals surface area contributed by atoms with Gasteiger partial charge < -0.3 is 5.32 Å². The second-order valence-electron chi connectivity index (χ2n) is 5.75. The van der Waals surface area contributed by atoms with Crippen molar-refractivity contribution in [2.24, 2.45) is 7.05 Å². The lowest BCUT2D eigenvalue weighted by Crippen LogP contribution is -2.26. The first-order valence-corrected chi connectivity index (χ1v) is 8.37.